The van der Waals surface area contributed by atoms with E-state index < -0.39 is 39.3 Å². The van der Waals surface area contributed by atoms with Gasteiger partial charge in [-0.1, -0.05) is 23.4 Å². The number of ether oxygens (including phenoxy) is 4. The summed E-state index contributed by atoms with van der Waals surface area (Å²) < 4.78 is 98.1. The van der Waals surface area contributed by atoms with E-state index in [1.807, 2.05) is 24.3 Å². The molecule has 6 rings (SSSR count). The van der Waals surface area contributed by atoms with E-state index in [1.54, 1.807) is 18.2 Å². The third kappa shape index (κ3) is 7.35. The molecule has 0 aliphatic carbocycles. The van der Waals surface area contributed by atoms with Gasteiger partial charge in [0.15, 0.2) is 33.7 Å². The van der Waals surface area contributed by atoms with Gasteiger partial charge in [0.25, 0.3) is 10.0 Å². The van der Waals surface area contributed by atoms with Crippen molar-refractivity contribution in [2.24, 2.45) is 5.92 Å². The van der Waals surface area contributed by atoms with Crippen LogP contribution < -0.4 is 28.6 Å². The first kappa shape index (κ1) is 35.7. The van der Waals surface area contributed by atoms with Crippen LogP contribution in [0, 0.1) is 23.4 Å². The van der Waals surface area contributed by atoms with Crippen LogP contribution >= 0.6 is 0 Å². The molecule has 0 bridgehead atoms. The molecule has 2 heterocycles. The third-order valence-corrected chi connectivity index (χ3v) is 10.3. The van der Waals surface area contributed by atoms with E-state index in [0.29, 0.717) is 43.1 Å². The molecular weight excluding hydrogens is 691 g/mol. The summed E-state index contributed by atoms with van der Waals surface area (Å²) in [5.74, 6) is -4.32. The molecule has 0 spiro atoms. The summed E-state index contributed by atoms with van der Waals surface area (Å²) in [6.45, 7) is 0.922. The standard InChI is InChI=1S/C36H36F3N3O8S/c1-46-28-10-5-11-29(47-2)35(28)51(44,45)41-36-32-30(48-3)18-23(19-31(32)50-40-36)22-7-4-9-24(17-22)42-15-6-8-21(14-16-42)27(43)20-49-34-26(38)13-12-25(37)33(34)39/h4-5,7,9-13,17-19,21,27,43H,6,8,14-16,20H2,1-3H3,(H,40,41). The van der Waals surface area contributed by atoms with Gasteiger partial charge in [0.2, 0.25) is 5.82 Å². The van der Waals surface area contributed by atoms with E-state index >= 15 is 0 Å². The Morgan fingerprint density at radius 3 is 2.33 bits per heavy atom. The molecule has 1 aliphatic rings. The number of nitrogens with one attached hydrogen (secondary N) is 1. The highest BCUT2D eigenvalue weighted by Gasteiger charge is 2.29. The second kappa shape index (κ2) is 15.0. The molecule has 2 unspecified atom stereocenters. The minimum Gasteiger partial charge on any atom is -0.496 e. The van der Waals surface area contributed by atoms with Crippen LogP contribution in [0.5, 0.6) is 23.0 Å². The van der Waals surface area contributed by atoms with E-state index in [2.05, 4.69) is 14.8 Å². The maximum absolute atomic E-state index is 14.0. The summed E-state index contributed by atoms with van der Waals surface area (Å²) in [6.07, 6.45) is 0.974. The highest BCUT2D eigenvalue weighted by molar-refractivity contribution is 7.93. The number of sulfonamides is 1. The second-order valence-electron chi connectivity index (χ2n) is 12.0. The average molecular weight is 728 g/mol. The fourth-order valence-electron chi connectivity index (χ4n) is 6.29. The van der Waals surface area contributed by atoms with Crippen LogP contribution in [0.3, 0.4) is 0 Å². The smallest absolute Gasteiger partial charge is 0.270 e. The number of fused-ring (bicyclic) bond motifs is 1. The van der Waals surface area contributed by atoms with E-state index in [9.17, 15) is 26.7 Å². The van der Waals surface area contributed by atoms with E-state index in [1.165, 1.54) is 33.5 Å². The SMILES string of the molecule is COc1cccc(OC)c1S(=O)(=O)Nc1noc2cc(-c3cccc(N4CCCC(C(O)COc5c(F)ccc(F)c5F)CC4)c3)cc(OC)c12. The zero-order valence-electron chi connectivity index (χ0n) is 28.0. The van der Waals surface area contributed by atoms with Crippen LogP contribution in [-0.4, -0.2) is 65.8 Å². The summed E-state index contributed by atoms with van der Waals surface area (Å²) >= 11 is 0. The molecule has 0 saturated carbocycles. The minimum atomic E-state index is -4.25. The van der Waals surface area contributed by atoms with Gasteiger partial charge in [-0.15, -0.1) is 0 Å². The molecule has 0 radical (unpaired) electrons. The highest BCUT2D eigenvalue weighted by atomic mass is 32.2. The van der Waals surface area contributed by atoms with Gasteiger partial charge in [0.1, 0.15) is 29.2 Å². The molecule has 51 heavy (non-hydrogen) atoms. The van der Waals surface area contributed by atoms with E-state index in [4.69, 9.17) is 23.5 Å². The van der Waals surface area contributed by atoms with Gasteiger partial charge in [-0.25, -0.2) is 17.2 Å². The molecule has 4 aromatic carbocycles. The fraction of sp³-hybridized carbons (Fsp3) is 0.306. The van der Waals surface area contributed by atoms with Crippen molar-refractivity contribution in [3.05, 3.63) is 84.2 Å². The van der Waals surface area contributed by atoms with Crippen molar-refractivity contribution in [2.45, 2.75) is 30.3 Å². The first-order chi connectivity index (χ1) is 24.5. The zero-order chi connectivity index (χ0) is 36.3. The average Bonchev–Trinajstić information content (AvgIpc) is 3.36. The molecule has 1 saturated heterocycles. The van der Waals surface area contributed by atoms with Crippen molar-refractivity contribution in [3.63, 3.8) is 0 Å². The number of methoxy groups -OCH3 is 3. The van der Waals surface area contributed by atoms with Crippen LogP contribution in [0.25, 0.3) is 22.1 Å². The Morgan fingerprint density at radius 2 is 1.61 bits per heavy atom. The largest absolute Gasteiger partial charge is 0.496 e. The molecule has 2 atom stereocenters. The number of rotatable bonds is 12. The summed E-state index contributed by atoms with van der Waals surface area (Å²) in [7, 11) is -0.0754. The zero-order valence-corrected chi connectivity index (χ0v) is 28.8. The predicted octanol–water partition coefficient (Wildman–Crippen LogP) is 6.79. The summed E-state index contributed by atoms with van der Waals surface area (Å²) in [6, 6.07) is 17.4. The molecule has 0 amide bonds. The van der Waals surface area contributed by atoms with Gasteiger partial charge in [0, 0.05) is 18.8 Å². The summed E-state index contributed by atoms with van der Waals surface area (Å²) in [5, 5.41) is 15.1. The number of anilines is 2. The topological polar surface area (TPSA) is 133 Å². The van der Waals surface area contributed by atoms with E-state index in [0.717, 1.165) is 29.3 Å². The van der Waals surface area contributed by atoms with Gasteiger partial charge in [-0.3, -0.25) is 4.72 Å². The first-order valence-electron chi connectivity index (χ1n) is 16.1. The lowest BCUT2D eigenvalue weighted by Gasteiger charge is -2.25. The number of aliphatic hydroxyl groups is 1. The van der Waals surface area contributed by atoms with Crippen LogP contribution in [0.4, 0.5) is 24.7 Å². The van der Waals surface area contributed by atoms with Crippen LogP contribution in [-0.2, 0) is 10.0 Å². The summed E-state index contributed by atoms with van der Waals surface area (Å²) in [5.41, 5.74) is 2.78. The normalized spacial score (nSPS) is 15.7. The monoisotopic (exact) mass is 727 g/mol. The Kier molecular flexibility index (Phi) is 10.5. The van der Waals surface area contributed by atoms with Crippen LogP contribution in [0.2, 0.25) is 0 Å². The van der Waals surface area contributed by atoms with Gasteiger partial charge < -0.3 is 33.5 Å². The lowest BCUT2D eigenvalue weighted by atomic mass is 9.95. The maximum atomic E-state index is 14.0. The van der Waals surface area contributed by atoms with Gasteiger partial charge in [-0.05, 0) is 84.8 Å². The van der Waals surface area contributed by atoms with Crippen LogP contribution in [0.15, 0.2) is 76.1 Å². The maximum Gasteiger partial charge on any atom is 0.270 e. The van der Waals surface area contributed by atoms with Crippen molar-refractivity contribution in [1.29, 1.82) is 0 Å². The molecule has 15 heteroatoms. The number of hydrogen-bond acceptors (Lipinski definition) is 10. The van der Waals surface area contributed by atoms with Gasteiger partial charge in [0.05, 0.1) is 27.4 Å². The Morgan fingerprint density at radius 1 is 0.902 bits per heavy atom. The molecule has 5 aromatic rings. The quantitative estimate of drug-likeness (QED) is 0.133. The van der Waals surface area contributed by atoms with Crippen molar-refractivity contribution < 1.29 is 50.2 Å². The minimum absolute atomic E-state index is 0.0759. The Bertz CT molecular complexity index is 2120. The predicted molar refractivity (Wildman–Crippen MR) is 184 cm³/mol. The van der Waals surface area contributed by atoms with Crippen molar-refractivity contribution in [3.8, 4) is 34.1 Å². The molecule has 11 nitrogen and oxygen atoms in total. The second-order valence-corrected chi connectivity index (χ2v) is 13.6. The molecular formula is C36H36F3N3O8S. The van der Waals surface area contributed by atoms with E-state index in [-0.39, 0.29) is 40.3 Å². The lowest BCUT2D eigenvalue weighted by Crippen LogP contribution is -2.29. The van der Waals surface area contributed by atoms with Crippen molar-refractivity contribution in [2.75, 3.05) is 50.6 Å². The van der Waals surface area contributed by atoms with Gasteiger partial charge >= 0.3 is 0 Å². The number of aliphatic hydroxyl groups excluding tert-OH is 1. The molecule has 2 N–H and O–H groups in total. The first-order valence-corrected chi connectivity index (χ1v) is 17.5. The summed E-state index contributed by atoms with van der Waals surface area (Å²) in [4.78, 5) is 1.99. The number of halogens is 3. The molecule has 1 aliphatic heterocycles. The molecule has 1 fully saturated rings. The Labute approximate surface area is 292 Å². The fourth-order valence-corrected chi connectivity index (χ4v) is 7.61. The van der Waals surface area contributed by atoms with Crippen molar-refractivity contribution in [1.82, 2.24) is 5.16 Å². The van der Waals surface area contributed by atoms with Crippen molar-refractivity contribution >= 4 is 32.5 Å². The number of benzene rings is 4. The number of nitrogens with zero attached hydrogens (tertiary/aromatic N) is 2. The number of aromatic nitrogens is 1. The van der Waals surface area contributed by atoms with Gasteiger partial charge in [-0.2, -0.15) is 4.39 Å². The van der Waals surface area contributed by atoms with Crippen LogP contribution in [0.1, 0.15) is 19.3 Å². The lowest BCUT2D eigenvalue weighted by molar-refractivity contribution is 0.0488. The Balaban J connectivity index is 1.19. The number of hydrogen-bond donors (Lipinski definition) is 2. The third-order valence-electron chi connectivity index (χ3n) is 8.90. The molecule has 270 valence electrons. The molecule has 1 aromatic heterocycles. The Hall–Kier alpha value is -5.15. The highest BCUT2D eigenvalue weighted by Crippen LogP contribution is 2.40.